The number of hydrogen-bond acceptors (Lipinski definition) is 3. The Morgan fingerprint density at radius 3 is 1.67 bits per heavy atom. The van der Waals surface area contributed by atoms with Crippen LogP contribution in [0.4, 0.5) is 0 Å². The van der Waals surface area contributed by atoms with Crippen LogP contribution < -0.4 is 5.32 Å². The molecule has 6 heteroatoms. The van der Waals surface area contributed by atoms with Gasteiger partial charge in [0, 0.05) is 6.42 Å². The number of aliphatic carboxylic acids is 2. The Morgan fingerprint density at radius 2 is 1.25 bits per heavy atom. The van der Waals surface area contributed by atoms with Gasteiger partial charge in [0.25, 0.3) is 0 Å². The van der Waals surface area contributed by atoms with Crippen LogP contribution in [0.15, 0.2) is 0 Å². The van der Waals surface area contributed by atoms with Crippen molar-refractivity contribution in [2.24, 2.45) is 0 Å². The van der Waals surface area contributed by atoms with Gasteiger partial charge >= 0.3 is 11.9 Å². The third-order valence-electron chi connectivity index (χ3n) is 4.02. The van der Waals surface area contributed by atoms with Gasteiger partial charge in [-0.05, 0) is 6.42 Å². The van der Waals surface area contributed by atoms with Crippen LogP contribution in [0, 0.1) is 0 Å². The van der Waals surface area contributed by atoms with E-state index < -0.39 is 24.4 Å². The van der Waals surface area contributed by atoms with Crippen LogP contribution in [0.3, 0.4) is 0 Å². The van der Waals surface area contributed by atoms with Gasteiger partial charge in [-0.15, -0.1) is 0 Å². The number of nitrogens with one attached hydrogen (secondary N) is 1. The topological polar surface area (TPSA) is 104 Å². The van der Waals surface area contributed by atoms with E-state index >= 15 is 0 Å². The summed E-state index contributed by atoms with van der Waals surface area (Å²) < 4.78 is 0. The van der Waals surface area contributed by atoms with Crippen molar-refractivity contribution in [3.63, 3.8) is 0 Å². The van der Waals surface area contributed by atoms with E-state index in [-0.39, 0.29) is 12.3 Å². The van der Waals surface area contributed by atoms with Gasteiger partial charge in [0.05, 0.1) is 6.42 Å². The maximum Gasteiger partial charge on any atom is 0.326 e. The molecular weight excluding hydrogens is 310 g/mol. The molecule has 3 N–H and O–H groups in total. The van der Waals surface area contributed by atoms with Crippen LogP contribution in [-0.2, 0) is 14.4 Å². The first-order chi connectivity index (χ1) is 11.5. The van der Waals surface area contributed by atoms with Crippen molar-refractivity contribution in [3.05, 3.63) is 0 Å². The predicted molar refractivity (Wildman–Crippen MR) is 92.9 cm³/mol. The molecule has 0 aliphatic carbocycles. The summed E-state index contributed by atoms with van der Waals surface area (Å²) in [4.78, 5) is 33.0. The molecule has 24 heavy (non-hydrogen) atoms. The minimum absolute atomic E-state index is 0.250. The molecule has 0 heterocycles. The Balaban J connectivity index is 3.54. The average Bonchev–Trinajstić information content (AvgIpc) is 2.51. The Hall–Kier alpha value is -1.59. The highest BCUT2D eigenvalue weighted by atomic mass is 16.4. The fraction of sp³-hybridized carbons (Fsp3) is 0.833. The van der Waals surface area contributed by atoms with E-state index in [2.05, 4.69) is 12.2 Å². The number of carbonyl (C=O) groups is 3. The van der Waals surface area contributed by atoms with Crippen molar-refractivity contribution in [2.45, 2.75) is 96.4 Å². The lowest BCUT2D eigenvalue weighted by molar-refractivity contribution is -0.147. The Bertz CT molecular complexity index is 370. The van der Waals surface area contributed by atoms with Crippen molar-refractivity contribution in [3.8, 4) is 0 Å². The Kier molecular flexibility index (Phi) is 14.0. The van der Waals surface area contributed by atoms with Gasteiger partial charge in [-0.1, -0.05) is 71.1 Å². The fourth-order valence-electron chi connectivity index (χ4n) is 2.59. The van der Waals surface area contributed by atoms with E-state index in [0.717, 1.165) is 12.8 Å². The van der Waals surface area contributed by atoms with E-state index in [4.69, 9.17) is 10.2 Å². The maximum absolute atomic E-state index is 11.6. The molecule has 0 bridgehead atoms. The molecule has 0 saturated heterocycles. The monoisotopic (exact) mass is 343 g/mol. The number of hydrogen-bond donors (Lipinski definition) is 3. The van der Waals surface area contributed by atoms with Gasteiger partial charge in [0.15, 0.2) is 0 Å². The molecule has 0 spiro atoms. The van der Waals surface area contributed by atoms with Crippen molar-refractivity contribution in [1.82, 2.24) is 5.32 Å². The van der Waals surface area contributed by atoms with E-state index in [1.807, 2.05) is 0 Å². The van der Waals surface area contributed by atoms with Crippen molar-refractivity contribution >= 4 is 17.8 Å². The van der Waals surface area contributed by atoms with Crippen molar-refractivity contribution in [1.29, 1.82) is 0 Å². The summed E-state index contributed by atoms with van der Waals surface area (Å²) in [6.07, 6.45) is 12.7. The quantitative estimate of drug-likeness (QED) is 0.370. The van der Waals surface area contributed by atoms with E-state index in [0.29, 0.717) is 6.42 Å². The van der Waals surface area contributed by atoms with Gasteiger partial charge in [-0.3, -0.25) is 9.59 Å². The number of carbonyl (C=O) groups excluding carboxylic acids is 1. The number of rotatable bonds is 16. The third-order valence-corrected chi connectivity index (χ3v) is 4.02. The van der Waals surface area contributed by atoms with Crippen LogP contribution in [0.1, 0.15) is 90.4 Å². The SMILES string of the molecule is CCCCCCCCCCCCCC(=O)N[C@@H](CC(=O)O)C(=O)O. The molecule has 0 unspecified atom stereocenters. The van der Waals surface area contributed by atoms with Crippen molar-refractivity contribution < 1.29 is 24.6 Å². The highest BCUT2D eigenvalue weighted by Crippen LogP contribution is 2.12. The minimum atomic E-state index is -1.34. The molecule has 0 aromatic heterocycles. The smallest absolute Gasteiger partial charge is 0.326 e. The average molecular weight is 343 g/mol. The molecule has 140 valence electrons. The molecule has 0 rings (SSSR count). The molecule has 1 atom stereocenters. The standard InChI is InChI=1S/C18H33NO5/c1-2-3-4-5-6-7-8-9-10-11-12-13-16(20)19-15(18(23)24)14-17(21)22/h15H,2-14H2,1H3,(H,19,20)(H,21,22)(H,23,24)/t15-/m0/s1. The van der Waals surface area contributed by atoms with Gasteiger partial charge in [0.2, 0.25) is 5.91 Å². The summed E-state index contributed by atoms with van der Waals surface area (Å²) in [6, 6.07) is -1.34. The molecule has 0 saturated carbocycles. The first kappa shape index (κ1) is 22.4. The molecule has 0 aliphatic heterocycles. The molecule has 1 amide bonds. The molecule has 0 aliphatic rings. The number of unbranched alkanes of at least 4 members (excludes halogenated alkanes) is 10. The van der Waals surface area contributed by atoms with Crippen LogP contribution in [0.25, 0.3) is 0 Å². The second kappa shape index (κ2) is 15.0. The highest BCUT2D eigenvalue weighted by Gasteiger charge is 2.22. The van der Waals surface area contributed by atoms with Crippen LogP contribution in [-0.4, -0.2) is 34.1 Å². The maximum atomic E-state index is 11.6. The number of amides is 1. The summed E-state index contributed by atoms with van der Waals surface area (Å²) in [7, 11) is 0. The number of carboxylic acid groups (broad SMARTS) is 2. The molecule has 0 fully saturated rings. The summed E-state index contributed by atoms with van der Waals surface area (Å²) in [5, 5.41) is 19.7. The second-order valence-electron chi connectivity index (χ2n) is 6.34. The first-order valence-electron chi connectivity index (χ1n) is 9.21. The lowest BCUT2D eigenvalue weighted by Gasteiger charge is -2.12. The fourth-order valence-corrected chi connectivity index (χ4v) is 2.59. The molecule has 0 aromatic rings. The molecular formula is C18H33NO5. The zero-order chi connectivity index (χ0) is 18.2. The normalized spacial score (nSPS) is 11.9. The predicted octanol–water partition coefficient (Wildman–Crippen LogP) is 3.73. The largest absolute Gasteiger partial charge is 0.481 e. The van der Waals surface area contributed by atoms with Crippen LogP contribution >= 0.6 is 0 Å². The zero-order valence-corrected chi connectivity index (χ0v) is 14.9. The van der Waals surface area contributed by atoms with Crippen molar-refractivity contribution in [2.75, 3.05) is 0 Å². The number of carboxylic acids is 2. The van der Waals surface area contributed by atoms with Gasteiger partial charge in [0.1, 0.15) is 6.04 Å². The summed E-state index contributed by atoms with van der Waals surface area (Å²) in [5.74, 6) is -2.94. The third kappa shape index (κ3) is 14.0. The van der Waals surface area contributed by atoms with E-state index in [9.17, 15) is 14.4 Å². The molecule has 0 radical (unpaired) electrons. The zero-order valence-electron chi connectivity index (χ0n) is 14.9. The van der Waals surface area contributed by atoms with Gasteiger partial charge in [-0.25, -0.2) is 4.79 Å². The molecule has 6 nitrogen and oxygen atoms in total. The second-order valence-corrected chi connectivity index (χ2v) is 6.34. The first-order valence-corrected chi connectivity index (χ1v) is 9.21. The van der Waals surface area contributed by atoms with E-state index in [1.165, 1.54) is 51.4 Å². The van der Waals surface area contributed by atoms with E-state index in [1.54, 1.807) is 0 Å². The highest BCUT2D eigenvalue weighted by molar-refractivity contribution is 5.86. The van der Waals surface area contributed by atoms with Crippen LogP contribution in [0.5, 0.6) is 0 Å². The summed E-state index contributed by atoms with van der Waals surface area (Å²) >= 11 is 0. The summed E-state index contributed by atoms with van der Waals surface area (Å²) in [5.41, 5.74) is 0. The Morgan fingerprint density at radius 1 is 0.792 bits per heavy atom. The van der Waals surface area contributed by atoms with Gasteiger partial charge in [-0.2, -0.15) is 0 Å². The minimum Gasteiger partial charge on any atom is -0.481 e. The summed E-state index contributed by atoms with van der Waals surface area (Å²) in [6.45, 7) is 2.22. The lowest BCUT2D eigenvalue weighted by Crippen LogP contribution is -2.42. The van der Waals surface area contributed by atoms with Crippen LogP contribution in [0.2, 0.25) is 0 Å². The lowest BCUT2D eigenvalue weighted by atomic mass is 10.1. The molecule has 0 aromatic carbocycles. The Labute approximate surface area is 145 Å². The van der Waals surface area contributed by atoms with Gasteiger partial charge < -0.3 is 15.5 Å².